The van der Waals surface area contributed by atoms with Crippen LogP contribution in [-0.4, -0.2) is 59.7 Å². The molecule has 0 aliphatic rings. The van der Waals surface area contributed by atoms with Gasteiger partial charge in [-0.3, -0.25) is 4.79 Å². The number of hydrogen-bond acceptors (Lipinski definition) is 8. The molecule has 1 N–H and O–H groups in total. The van der Waals surface area contributed by atoms with Crippen LogP contribution in [0, 0.1) is 0 Å². The summed E-state index contributed by atoms with van der Waals surface area (Å²) in [4.78, 5) is 28.0. The monoisotopic (exact) mass is 339 g/mol. The molecule has 1 amide bonds. The number of thiocarbonyl (C=S) groups is 1. The number of carbonyl (C=O) groups is 2. The maximum atomic E-state index is 11.7. The highest BCUT2D eigenvalue weighted by atomic mass is 32.2. The molecule has 1 unspecified atom stereocenters. The van der Waals surface area contributed by atoms with E-state index in [2.05, 4.69) is 10.2 Å². The van der Waals surface area contributed by atoms with Crippen molar-refractivity contribution >= 4 is 41.4 Å². The van der Waals surface area contributed by atoms with Crippen molar-refractivity contribution in [2.45, 2.75) is 26.5 Å². The minimum atomic E-state index is -0.629. The van der Waals surface area contributed by atoms with E-state index in [1.54, 1.807) is 18.2 Å². The second-order valence-electron chi connectivity index (χ2n) is 3.91. The van der Waals surface area contributed by atoms with Gasteiger partial charge in [0.15, 0.2) is 0 Å². The predicted molar refractivity (Wildman–Crippen MR) is 83.1 cm³/mol. The van der Waals surface area contributed by atoms with Crippen molar-refractivity contribution < 1.29 is 23.9 Å². The molecule has 21 heavy (non-hydrogen) atoms. The number of nitrogens with one attached hydrogen (secondary N) is 1. The smallest absolute Gasteiger partial charge is 0.444 e. The molecule has 10 heteroatoms. The molecule has 0 aliphatic carbocycles. The number of hydroxylamine groups is 1. The Morgan fingerprint density at radius 2 is 2.00 bits per heavy atom. The fourth-order valence-electron chi connectivity index (χ4n) is 1.08. The van der Waals surface area contributed by atoms with Gasteiger partial charge >= 0.3 is 12.1 Å². The lowest BCUT2D eigenvalue weighted by molar-refractivity contribution is -0.141. The number of hydrogen-bond donors (Lipinski definition) is 1. The minimum absolute atomic E-state index is 0.178. The van der Waals surface area contributed by atoms with Gasteiger partial charge in [0.1, 0.15) is 11.2 Å². The number of methoxy groups -OCH3 is 2. The summed E-state index contributed by atoms with van der Waals surface area (Å²) in [5.41, 5.74) is 2.31. The molecule has 0 bridgehead atoms. The Balaban J connectivity index is 4.46. The third-order valence-corrected chi connectivity index (χ3v) is 3.44. The lowest BCUT2D eigenvalue weighted by Crippen LogP contribution is -2.37. The molecule has 0 aromatic rings. The summed E-state index contributed by atoms with van der Waals surface area (Å²) in [6.07, 6.45) is -0.761. The largest absolute Gasteiger partial charge is 0.469 e. The molecule has 0 aromatic heterocycles. The maximum absolute atomic E-state index is 11.7. The van der Waals surface area contributed by atoms with Crippen molar-refractivity contribution in [1.82, 2.24) is 14.1 Å². The molecule has 8 nitrogen and oxygen atoms in total. The van der Waals surface area contributed by atoms with Crippen LogP contribution in [-0.2, 0) is 19.1 Å². The van der Waals surface area contributed by atoms with Crippen LogP contribution in [0.25, 0.3) is 0 Å². The van der Waals surface area contributed by atoms with Crippen molar-refractivity contribution in [3.63, 3.8) is 0 Å². The zero-order chi connectivity index (χ0) is 16.4. The van der Waals surface area contributed by atoms with Gasteiger partial charge in [-0.25, -0.2) is 18.9 Å². The average molecular weight is 339 g/mol. The number of rotatable bonds is 7. The first-order valence-corrected chi connectivity index (χ1v) is 7.21. The summed E-state index contributed by atoms with van der Waals surface area (Å²) in [5.74, 6) is -0.341. The summed E-state index contributed by atoms with van der Waals surface area (Å²) in [6, 6.07) is 0. The first-order valence-electron chi connectivity index (χ1n) is 6.07. The molecule has 0 heterocycles. The summed E-state index contributed by atoms with van der Waals surface area (Å²) >= 11 is 5.80. The molecule has 0 rings (SSSR count). The molecular formula is C11H21N3O5S2. The van der Waals surface area contributed by atoms with Crippen LogP contribution in [0.15, 0.2) is 0 Å². The number of ether oxygens (including phenoxy) is 2. The molecule has 122 valence electrons. The Morgan fingerprint density at radius 3 is 2.48 bits per heavy atom. The standard InChI is InChI=1S/C11H21N3O5S2/c1-8(20)12-19-11(16)13(3)21-14(9(2)17-4)7-6-10(15)18-5/h9H,6-7H2,1-5H3,(H,12,20). The van der Waals surface area contributed by atoms with Crippen molar-refractivity contribution in [2.24, 2.45) is 0 Å². The SMILES string of the molecule is COC(=O)CCN(SN(C)C(=O)ONC(C)=S)C(C)OC. The second kappa shape index (κ2) is 10.6. The second-order valence-corrected chi connectivity index (χ2v) is 5.70. The van der Waals surface area contributed by atoms with Gasteiger partial charge in [-0.15, -0.1) is 0 Å². The number of nitrogens with zero attached hydrogens (tertiary/aromatic N) is 2. The summed E-state index contributed by atoms with van der Waals surface area (Å²) in [7, 11) is 4.38. The van der Waals surface area contributed by atoms with Gasteiger partial charge < -0.3 is 14.3 Å². The normalized spacial score (nSPS) is 11.7. The van der Waals surface area contributed by atoms with E-state index in [1.807, 2.05) is 0 Å². The Labute approximate surface area is 134 Å². The third-order valence-electron chi connectivity index (χ3n) is 2.28. The minimum Gasteiger partial charge on any atom is -0.469 e. The van der Waals surface area contributed by atoms with E-state index in [0.29, 0.717) is 11.5 Å². The summed E-state index contributed by atoms with van der Waals surface area (Å²) in [5, 5.41) is 0. The first kappa shape index (κ1) is 19.9. The Kier molecular flexibility index (Phi) is 10.0. The van der Waals surface area contributed by atoms with Gasteiger partial charge in [0.2, 0.25) is 0 Å². The van der Waals surface area contributed by atoms with Gasteiger partial charge in [0.05, 0.1) is 13.5 Å². The highest BCUT2D eigenvalue weighted by Gasteiger charge is 2.21. The molecule has 0 saturated carbocycles. The molecule has 0 aromatic carbocycles. The highest BCUT2D eigenvalue weighted by molar-refractivity contribution is 7.95. The molecule has 0 fully saturated rings. The molecule has 0 radical (unpaired) electrons. The molecule has 0 spiro atoms. The van der Waals surface area contributed by atoms with E-state index in [-0.39, 0.29) is 18.6 Å². The van der Waals surface area contributed by atoms with Crippen LogP contribution in [0.1, 0.15) is 20.3 Å². The molecule has 0 aliphatic heterocycles. The van der Waals surface area contributed by atoms with Gasteiger partial charge in [-0.05, 0) is 13.8 Å². The van der Waals surface area contributed by atoms with Crippen molar-refractivity contribution in [2.75, 3.05) is 27.8 Å². The van der Waals surface area contributed by atoms with E-state index < -0.39 is 6.09 Å². The van der Waals surface area contributed by atoms with Gasteiger partial charge in [0, 0.05) is 32.8 Å². The van der Waals surface area contributed by atoms with Crippen LogP contribution in [0.3, 0.4) is 0 Å². The van der Waals surface area contributed by atoms with Crippen LogP contribution < -0.4 is 5.48 Å². The van der Waals surface area contributed by atoms with E-state index in [1.165, 1.54) is 25.6 Å². The van der Waals surface area contributed by atoms with Crippen molar-refractivity contribution in [3.8, 4) is 0 Å². The lowest BCUT2D eigenvalue weighted by atomic mass is 10.4. The Bertz CT molecular complexity index is 370. The van der Waals surface area contributed by atoms with Crippen molar-refractivity contribution in [1.29, 1.82) is 0 Å². The molecular weight excluding hydrogens is 318 g/mol. The fourth-order valence-corrected chi connectivity index (χ4v) is 1.93. The number of carbonyl (C=O) groups excluding carboxylic acids is 2. The van der Waals surface area contributed by atoms with Crippen LogP contribution in [0.5, 0.6) is 0 Å². The lowest BCUT2D eigenvalue weighted by Gasteiger charge is -2.29. The van der Waals surface area contributed by atoms with Gasteiger partial charge in [-0.2, -0.15) is 0 Å². The zero-order valence-electron chi connectivity index (χ0n) is 12.7. The van der Waals surface area contributed by atoms with Crippen LogP contribution in [0.2, 0.25) is 0 Å². The van der Waals surface area contributed by atoms with Gasteiger partial charge in [0.25, 0.3) is 0 Å². The predicted octanol–water partition coefficient (Wildman–Crippen LogP) is 1.33. The Hall–Kier alpha value is -1.10. The topological polar surface area (TPSA) is 80.3 Å². The van der Waals surface area contributed by atoms with E-state index in [4.69, 9.17) is 21.8 Å². The average Bonchev–Trinajstić information content (AvgIpc) is 2.47. The maximum Gasteiger partial charge on any atom is 0.444 e. The number of amides is 1. The van der Waals surface area contributed by atoms with Crippen molar-refractivity contribution in [3.05, 3.63) is 0 Å². The molecule has 1 atom stereocenters. The van der Waals surface area contributed by atoms with Gasteiger partial charge in [-0.1, -0.05) is 12.2 Å². The number of esters is 1. The first-order chi connectivity index (χ1) is 9.81. The molecule has 0 saturated heterocycles. The van der Waals surface area contributed by atoms with E-state index in [9.17, 15) is 9.59 Å². The summed E-state index contributed by atoms with van der Waals surface area (Å²) < 4.78 is 12.7. The highest BCUT2D eigenvalue weighted by Crippen LogP contribution is 2.19. The van der Waals surface area contributed by atoms with Crippen LogP contribution >= 0.6 is 24.4 Å². The third kappa shape index (κ3) is 8.71. The van der Waals surface area contributed by atoms with E-state index in [0.717, 1.165) is 12.1 Å². The summed E-state index contributed by atoms with van der Waals surface area (Å²) in [6.45, 7) is 3.73. The van der Waals surface area contributed by atoms with Crippen LogP contribution in [0.4, 0.5) is 4.79 Å². The Morgan fingerprint density at radius 1 is 1.38 bits per heavy atom. The quantitative estimate of drug-likeness (QED) is 0.243. The van der Waals surface area contributed by atoms with E-state index >= 15 is 0 Å². The fraction of sp³-hybridized carbons (Fsp3) is 0.727. The zero-order valence-corrected chi connectivity index (χ0v) is 14.4.